The number of hydrogen-bond donors (Lipinski definition) is 0. The molecule has 0 saturated carbocycles. The third kappa shape index (κ3) is 3.54. The van der Waals surface area contributed by atoms with Crippen LogP contribution in [0.2, 0.25) is 0 Å². The smallest absolute Gasteiger partial charge is 0.165 e. The molecule has 0 spiro atoms. The maximum atomic E-state index is 13.5. The van der Waals surface area contributed by atoms with Gasteiger partial charge in [0.05, 0.1) is 6.61 Å². The summed E-state index contributed by atoms with van der Waals surface area (Å²) < 4.78 is 18.8. The van der Waals surface area contributed by atoms with Crippen LogP contribution < -0.4 is 4.74 Å². The van der Waals surface area contributed by atoms with E-state index in [0.717, 1.165) is 18.4 Å². The summed E-state index contributed by atoms with van der Waals surface area (Å²) in [5.41, 5.74) is 1.01. The van der Waals surface area contributed by atoms with Crippen LogP contribution in [0.4, 0.5) is 4.39 Å². The molecule has 0 aliphatic rings. The van der Waals surface area contributed by atoms with Crippen LogP contribution in [0.15, 0.2) is 18.2 Å². The molecule has 1 rings (SSSR count). The van der Waals surface area contributed by atoms with E-state index in [1.54, 1.807) is 12.1 Å². The number of hydrogen-bond acceptors (Lipinski definition) is 1. The fourth-order valence-electron chi connectivity index (χ4n) is 1.32. The first-order valence-electron chi connectivity index (χ1n) is 5.57. The highest BCUT2D eigenvalue weighted by molar-refractivity contribution is 5.30. The highest BCUT2D eigenvalue weighted by atomic mass is 19.1. The van der Waals surface area contributed by atoms with E-state index in [1.807, 2.05) is 19.9 Å². The van der Waals surface area contributed by atoms with Crippen molar-refractivity contribution in [3.8, 4) is 5.75 Å². The number of halogens is 1. The zero-order valence-corrected chi connectivity index (χ0v) is 9.72. The Balaban J connectivity index is 2.66. The highest BCUT2D eigenvalue weighted by Gasteiger charge is 2.06. The molecule has 0 atom stereocenters. The van der Waals surface area contributed by atoms with E-state index in [-0.39, 0.29) is 5.82 Å². The molecule has 0 aliphatic carbocycles. The molecule has 1 aromatic carbocycles. The van der Waals surface area contributed by atoms with E-state index >= 15 is 0 Å². The Morgan fingerprint density at radius 2 is 2.07 bits per heavy atom. The maximum Gasteiger partial charge on any atom is 0.165 e. The summed E-state index contributed by atoms with van der Waals surface area (Å²) in [6.45, 7) is 6.77. The molecule has 1 aromatic rings. The lowest BCUT2D eigenvalue weighted by atomic mass is 10.0. The SMILES string of the molecule is CCCCOc1ccc(C(C)C)cc1F. The van der Waals surface area contributed by atoms with E-state index in [9.17, 15) is 4.39 Å². The minimum absolute atomic E-state index is 0.252. The van der Waals surface area contributed by atoms with Crippen LogP contribution >= 0.6 is 0 Å². The highest BCUT2D eigenvalue weighted by Crippen LogP contribution is 2.22. The average molecular weight is 210 g/mol. The quantitative estimate of drug-likeness (QED) is 0.664. The van der Waals surface area contributed by atoms with E-state index in [4.69, 9.17) is 4.74 Å². The number of ether oxygens (including phenoxy) is 1. The number of unbranched alkanes of at least 4 members (excludes halogenated alkanes) is 1. The molecule has 0 aliphatic heterocycles. The molecule has 0 N–H and O–H groups in total. The molecule has 1 nitrogen and oxygen atoms in total. The van der Waals surface area contributed by atoms with Crippen LogP contribution in [0.5, 0.6) is 5.75 Å². The van der Waals surface area contributed by atoms with Crippen molar-refractivity contribution in [3.63, 3.8) is 0 Å². The summed E-state index contributed by atoms with van der Waals surface area (Å²) in [5, 5.41) is 0. The summed E-state index contributed by atoms with van der Waals surface area (Å²) in [6.07, 6.45) is 2.02. The Labute approximate surface area is 91.3 Å². The van der Waals surface area contributed by atoms with Gasteiger partial charge in [-0.2, -0.15) is 0 Å². The van der Waals surface area contributed by atoms with Crippen molar-refractivity contribution in [2.24, 2.45) is 0 Å². The second kappa shape index (κ2) is 5.74. The van der Waals surface area contributed by atoms with Gasteiger partial charge in [0.1, 0.15) is 0 Å². The Morgan fingerprint density at radius 1 is 1.33 bits per heavy atom. The van der Waals surface area contributed by atoms with Crippen molar-refractivity contribution in [2.75, 3.05) is 6.61 Å². The normalized spacial score (nSPS) is 10.7. The van der Waals surface area contributed by atoms with Crippen LogP contribution in [-0.4, -0.2) is 6.61 Å². The van der Waals surface area contributed by atoms with Crippen molar-refractivity contribution < 1.29 is 9.13 Å². The number of rotatable bonds is 5. The maximum absolute atomic E-state index is 13.5. The predicted molar refractivity (Wildman–Crippen MR) is 60.9 cm³/mol. The topological polar surface area (TPSA) is 9.23 Å². The summed E-state index contributed by atoms with van der Waals surface area (Å²) in [7, 11) is 0. The van der Waals surface area contributed by atoms with Crippen molar-refractivity contribution in [1.29, 1.82) is 0 Å². The monoisotopic (exact) mass is 210 g/mol. The molecule has 0 unspecified atom stereocenters. The largest absolute Gasteiger partial charge is 0.491 e. The van der Waals surface area contributed by atoms with Gasteiger partial charge in [-0.15, -0.1) is 0 Å². The minimum Gasteiger partial charge on any atom is -0.491 e. The fourth-order valence-corrected chi connectivity index (χ4v) is 1.32. The van der Waals surface area contributed by atoms with Gasteiger partial charge in [0.2, 0.25) is 0 Å². The molecule has 0 fully saturated rings. The molecule has 0 radical (unpaired) electrons. The molecule has 15 heavy (non-hydrogen) atoms. The van der Waals surface area contributed by atoms with Crippen molar-refractivity contribution in [1.82, 2.24) is 0 Å². The first kappa shape index (κ1) is 12.0. The standard InChI is InChI=1S/C13H19FO/c1-4-5-8-15-13-7-6-11(10(2)3)9-12(13)14/h6-7,9-10H,4-5,8H2,1-3H3. The summed E-state index contributed by atoms with van der Waals surface area (Å²) in [5.74, 6) is 0.467. The fraction of sp³-hybridized carbons (Fsp3) is 0.538. The molecule has 0 saturated heterocycles. The van der Waals surface area contributed by atoms with Gasteiger partial charge in [0.25, 0.3) is 0 Å². The van der Waals surface area contributed by atoms with Gasteiger partial charge in [-0.1, -0.05) is 33.3 Å². The van der Waals surface area contributed by atoms with E-state index < -0.39 is 0 Å². The predicted octanol–water partition coefficient (Wildman–Crippen LogP) is 4.13. The average Bonchev–Trinajstić information content (AvgIpc) is 2.20. The van der Waals surface area contributed by atoms with Gasteiger partial charge in [0.15, 0.2) is 11.6 Å². The zero-order valence-electron chi connectivity index (χ0n) is 9.72. The molecular formula is C13H19FO. The zero-order chi connectivity index (χ0) is 11.3. The lowest BCUT2D eigenvalue weighted by molar-refractivity contribution is 0.294. The van der Waals surface area contributed by atoms with Crippen molar-refractivity contribution >= 4 is 0 Å². The Kier molecular flexibility index (Phi) is 4.60. The third-order valence-electron chi connectivity index (χ3n) is 2.38. The summed E-state index contributed by atoms with van der Waals surface area (Å²) in [4.78, 5) is 0. The van der Waals surface area contributed by atoms with E-state index in [2.05, 4.69) is 6.92 Å². The number of benzene rings is 1. The van der Waals surface area contributed by atoms with Gasteiger partial charge >= 0.3 is 0 Å². The van der Waals surface area contributed by atoms with Crippen LogP contribution in [-0.2, 0) is 0 Å². The Morgan fingerprint density at radius 3 is 2.60 bits per heavy atom. The van der Waals surface area contributed by atoms with Gasteiger partial charge in [-0.25, -0.2) is 4.39 Å². The molecule has 2 heteroatoms. The van der Waals surface area contributed by atoms with Gasteiger partial charge in [0, 0.05) is 0 Å². The Hall–Kier alpha value is -1.05. The van der Waals surface area contributed by atoms with Crippen molar-refractivity contribution in [3.05, 3.63) is 29.6 Å². The lowest BCUT2D eigenvalue weighted by Crippen LogP contribution is -1.99. The molecule has 84 valence electrons. The van der Waals surface area contributed by atoms with Crippen LogP contribution in [0.3, 0.4) is 0 Å². The van der Waals surface area contributed by atoms with Crippen LogP contribution in [0.1, 0.15) is 45.1 Å². The van der Waals surface area contributed by atoms with E-state index in [0.29, 0.717) is 18.3 Å². The Bertz CT molecular complexity index is 307. The third-order valence-corrected chi connectivity index (χ3v) is 2.38. The lowest BCUT2D eigenvalue weighted by Gasteiger charge is -2.09. The second-order valence-corrected chi connectivity index (χ2v) is 4.05. The van der Waals surface area contributed by atoms with Gasteiger partial charge in [-0.3, -0.25) is 0 Å². The first-order chi connectivity index (χ1) is 7.15. The van der Waals surface area contributed by atoms with Crippen LogP contribution in [0.25, 0.3) is 0 Å². The second-order valence-electron chi connectivity index (χ2n) is 4.05. The molecule has 0 bridgehead atoms. The first-order valence-corrected chi connectivity index (χ1v) is 5.57. The molecule has 0 aromatic heterocycles. The van der Waals surface area contributed by atoms with E-state index in [1.165, 1.54) is 0 Å². The molecule has 0 heterocycles. The van der Waals surface area contributed by atoms with Crippen molar-refractivity contribution in [2.45, 2.75) is 39.5 Å². The van der Waals surface area contributed by atoms with Gasteiger partial charge < -0.3 is 4.74 Å². The minimum atomic E-state index is -0.252. The van der Waals surface area contributed by atoms with Crippen LogP contribution in [0, 0.1) is 5.82 Å². The molecular weight excluding hydrogens is 191 g/mol. The summed E-state index contributed by atoms with van der Waals surface area (Å²) in [6, 6.07) is 5.21. The van der Waals surface area contributed by atoms with Gasteiger partial charge in [-0.05, 0) is 30.0 Å². The summed E-state index contributed by atoms with van der Waals surface area (Å²) >= 11 is 0. The molecule has 0 amide bonds.